The number of amides is 1. The monoisotopic (exact) mass is 818 g/mol. The van der Waals surface area contributed by atoms with E-state index in [0.717, 1.165) is 51.4 Å². The van der Waals surface area contributed by atoms with Crippen molar-refractivity contribution in [1.29, 1.82) is 0 Å². The lowest BCUT2D eigenvalue weighted by molar-refractivity contribution is -0.143. The number of aliphatic hydroxyl groups excluding tert-OH is 2. The Kier molecular flexibility index (Phi) is 46.6. The van der Waals surface area contributed by atoms with Gasteiger partial charge in [-0.1, -0.05) is 224 Å². The number of allylic oxidation sites excluding steroid dienone is 3. The molecule has 6 nitrogen and oxygen atoms in total. The number of ether oxygens (including phenoxy) is 1. The second kappa shape index (κ2) is 48.0. The van der Waals surface area contributed by atoms with Crippen LogP contribution in [0, 0.1) is 0 Å². The van der Waals surface area contributed by atoms with Crippen LogP contribution in [-0.2, 0) is 14.3 Å². The van der Waals surface area contributed by atoms with Gasteiger partial charge in [0.1, 0.15) is 0 Å². The zero-order chi connectivity index (χ0) is 42.3. The van der Waals surface area contributed by atoms with Crippen LogP contribution in [-0.4, -0.2) is 47.4 Å². The van der Waals surface area contributed by atoms with Crippen LogP contribution in [0.1, 0.15) is 271 Å². The van der Waals surface area contributed by atoms with Gasteiger partial charge in [0.15, 0.2) is 0 Å². The van der Waals surface area contributed by atoms with Gasteiger partial charge in [-0.3, -0.25) is 9.59 Å². The second-order valence-corrected chi connectivity index (χ2v) is 17.5. The van der Waals surface area contributed by atoms with Gasteiger partial charge in [0, 0.05) is 12.8 Å². The van der Waals surface area contributed by atoms with Crippen molar-refractivity contribution in [1.82, 2.24) is 5.32 Å². The second-order valence-electron chi connectivity index (χ2n) is 17.5. The maximum absolute atomic E-state index is 12.4. The standard InChI is InChI=1S/C52H99NO5/c1-3-5-7-9-11-13-15-26-30-34-38-42-46-52(57)58-47-43-39-35-31-27-24-22-20-18-16-17-19-21-23-25-29-33-37-41-45-51(56)53-49(48-54)50(55)44-40-36-32-28-14-12-10-8-6-4-2/h16-17,40,44,49-50,54-55H,3-15,18-39,41-43,45-48H2,1-2H3,(H,53,56)/b17-16-,44-40+. The van der Waals surface area contributed by atoms with Crippen LogP contribution in [0.4, 0.5) is 0 Å². The molecule has 0 spiro atoms. The Hall–Kier alpha value is -1.66. The molecule has 2 unspecified atom stereocenters. The molecule has 0 aromatic heterocycles. The number of carbonyl (C=O) groups excluding carboxylic acids is 2. The van der Waals surface area contributed by atoms with Gasteiger partial charge in [-0.05, 0) is 57.8 Å². The van der Waals surface area contributed by atoms with E-state index in [0.29, 0.717) is 19.4 Å². The number of aliphatic hydroxyl groups is 2. The molecule has 0 heterocycles. The maximum atomic E-state index is 12.4. The van der Waals surface area contributed by atoms with Crippen LogP contribution in [0.25, 0.3) is 0 Å². The zero-order valence-electron chi connectivity index (χ0n) is 38.8. The molecule has 0 saturated heterocycles. The Bertz CT molecular complexity index is 904. The minimum absolute atomic E-state index is 0.00328. The smallest absolute Gasteiger partial charge is 0.305 e. The Balaban J connectivity index is 3.45. The van der Waals surface area contributed by atoms with Crippen molar-refractivity contribution in [3.63, 3.8) is 0 Å². The molecule has 0 radical (unpaired) electrons. The van der Waals surface area contributed by atoms with E-state index in [4.69, 9.17) is 4.74 Å². The molecule has 1 amide bonds. The minimum Gasteiger partial charge on any atom is -0.466 e. The van der Waals surface area contributed by atoms with Gasteiger partial charge >= 0.3 is 5.97 Å². The normalized spacial score (nSPS) is 12.8. The number of unbranched alkanes of at least 4 members (excludes halogenated alkanes) is 34. The lowest BCUT2D eigenvalue weighted by atomic mass is 10.0. The molecule has 0 aliphatic carbocycles. The van der Waals surface area contributed by atoms with Gasteiger partial charge in [-0.15, -0.1) is 0 Å². The van der Waals surface area contributed by atoms with Crippen molar-refractivity contribution in [2.24, 2.45) is 0 Å². The van der Waals surface area contributed by atoms with Crippen LogP contribution >= 0.6 is 0 Å². The molecule has 0 bridgehead atoms. The molecule has 3 N–H and O–H groups in total. The molecule has 0 aliphatic heterocycles. The summed E-state index contributed by atoms with van der Waals surface area (Å²) >= 11 is 0. The van der Waals surface area contributed by atoms with Crippen molar-refractivity contribution in [3.05, 3.63) is 24.3 Å². The highest BCUT2D eigenvalue weighted by atomic mass is 16.5. The number of rotatable bonds is 47. The van der Waals surface area contributed by atoms with Gasteiger partial charge in [0.05, 0.1) is 25.4 Å². The van der Waals surface area contributed by atoms with Crippen molar-refractivity contribution in [3.8, 4) is 0 Å². The largest absolute Gasteiger partial charge is 0.466 e. The van der Waals surface area contributed by atoms with Crippen molar-refractivity contribution >= 4 is 11.9 Å². The van der Waals surface area contributed by atoms with E-state index < -0.39 is 12.1 Å². The third-order valence-corrected chi connectivity index (χ3v) is 11.7. The Morgan fingerprint density at radius 3 is 1.22 bits per heavy atom. The van der Waals surface area contributed by atoms with E-state index in [-0.39, 0.29) is 18.5 Å². The molecule has 0 saturated carbocycles. The maximum Gasteiger partial charge on any atom is 0.305 e. The summed E-state index contributed by atoms with van der Waals surface area (Å²) in [5.74, 6) is -0.0765. The highest BCUT2D eigenvalue weighted by Crippen LogP contribution is 2.15. The summed E-state index contributed by atoms with van der Waals surface area (Å²) in [5, 5.41) is 22.9. The first-order chi connectivity index (χ1) is 28.5. The topological polar surface area (TPSA) is 95.9 Å². The molecule has 6 heteroatoms. The van der Waals surface area contributed by atoms with Crippen molar-refractivity contribution in [2.75, 3.05) is 13.2 Å². The lowest BCUT2D eigenvalue weighted by Gasteiger charge is -2.20. The first-order valence-electron chi connectivity index (χ1n) is 25.6. The number of esters is 1. The summed E-state index contributed by atoms with van der Waals surface area (Å²) in [6.07, 6.45) is 56.1. The average molecular weight is 818 g/mol. The number of hydrogen-bond donors (Lipinski definition) is 3. The number of nitrogens with one attached hydrogen (secondary N) is 1. The van der Waals surface area contributed by atoms with Crippen molar-refractivity contribution < 1.29 is 24.5 Å². The fourth-order valence-corrected chi connectivity index (χ4v) is 7.74. The highest BCUT2D eigenvalue weighted by molar-refractivity contribution is 5.76. The van der Waals surface area contributed by atoms with E-state index in [1.165, 1.54) is 193 Å². The van der Waals surface area contributed by atoms with E-state index in [1.54, 1.807) is 6.08 Å². The molecule has 0 aromatic rings. The summed E-state index contributed by atoms with van der Waals surface area (Å²) < 4.78 is 5.45. The third-order valence-electron chi connectivity index (χ3n) is 11.7. The fourth-order valence-electron chi connectivity index (χ4n) is 7.74. The molecular formula is C52H99NO5. The quantitative estimate of drug-likeness (QED) is 0.0323. The van der Waals surface area contributed by atoms with E-state index >= 15 is 0 Å². The SMILES string of the molecule is CCCCCCCCCC/C=C/C(O)C(CO)NC(=O)CCCCCCCCC/C=C\CCCCCCCCCCOC(=O)CCCCCCCCCCCCCC. The third kappa shape index (κ3) is 43.9. The average Bonchev–Trinajstić information content (AvgIpc) is 3.22. The number of hydrogen-bond acceptors (Lipinski definition) is 5. The minimum atomic E-state index is -0.848. The van der Waals surface area contributed by atoms with Crippen LogP contribution in [0.3, 0.4) is 0 Å². The Morgan fingerprint density at radius 2 is 0.810 bits per heavy atom. The predicted octanol–water partition coefficient (Wildman–Crippen LogP) is 15.1. The van der Waals surface area contributed by atoms with Gasteiger partial charge in [-0.2, -0.15) is 0 Å². The molecule has 342 valence electrons. The molecule has 0 aromatic carbocycles. The van der Waals surface area contributed by atoms with E-state index in [2.05, 4.69) is 31.3 Å². The van der Waals surface area contributed by atoms with Crippen LogP contribution < -0.4 is 5.32 Å². The lowest BCUT2D eigenvalue weighted by Crippen LogP contribution is -2.45. The molecular weight excluding hydrogens is 719 g/mol. The zero-order valence-corrected chi connectivity index (χ0v) is 38.8. The van der Waals surface area contributed by atoms with Crippen molar-refractivity contribution in [2.45, 2.75) is 283 Å². The molecule has 0 fully saturated rings. The van der Waals surface area contributed by atoms with Gasteiger partial charge in [0.2, 0.25) is 5.91 Å². The first-order valence-corrected chi connectivity index (χ1v) is 25.6. The van der Waals surface area contributed by atoms with Gasteiger partial charge in [0.25, 0.3) is 0 Å². The summed E-state index contributed by atoms with van der Waals surface area (Å²) in [4.78, 5) is 24.4. The van der Waals surface area contributed by atoms with Gasteiger partial charge < -0.3 is 20.3 Å². The Morgan fingerprint density at radius 1 is 0.466 bits per heavy atom. The predicted molar refractivity (Wildman–Crippen MR) is 250 cm³/mol. The summed E-state index contributed by atoms with van der Waals surface area (Å²) in [6.45, 7) is 4.86. The summed E-state index contributed by atoms with van der Waals surface area (Å²) in [7, 11) is 0. The molecule has 0 rings (SSSR count). The molecule has 58 heavy (non-hydrogen) atoms. The van der Waals surface area contributed by atoms with E-state index in [1.807, 2.05) is 6.08 Å². The Labute approximate surface area is 361 Å². The van der Waals surface area contributed by atoms with Crippen LogP contribution in [0.2, 0.25) is 0 Å². The molecule has 2 atom stereocenters. The number of carbonyl (C=O) groups is 2. The first kappa shape index (κ1) is 56.3. The fraction of sp³-hybridized carbons (Fsp3) is 0.885. The summed E-state index contributed by atoms with van der Waals surface area (Å²) in [6, 6.07) is -0.632. The van der Waals surface area contributed by atoms with Gasteiger partial charge in [-0.25, -0.2) is 0 Å². The van der Waals surface area contributed by atoms with Crippen LogP contribution in [0.15, 0.2) is 24.3 Å². The highest BCUT2D eigenvalue weighted by Gasteiger charge is 2.18. The van der Waals surface area contributed by atoms with Crippen LogP contribution in [0.5, 0.6) is 0 Å². The van der Waals surface area contributed by atoms with E-state index in [9.17, 15) is 19.8 Å². The molecule has 0 aliphatic rings. The summed E-state index contributed by atoms with van der Waals surface area (Å²) in [5.41, 5.74) is 0.